The van der Waals surface area contributed by atoms with Crippen molar-refractivity contribution in [2.45, 2.75) is 33.1 Å². The highest BCUT2D eigenvalue weighted by Crippen LogP contribution is 2.32. The zero-order chi connectivity index (χ0) is 50.9. The Bertz CT molecular complexity index is 3130. The number of amides is 4. The Labute approximate surface area is 403 Å². The highest BCUT2D eigenvalue weighted by Gasteiger charge is 2.32. The highest BCUT2D eigenvalue weighted by atomic mass is 79.9. The normalized spacial score (nSPS) is 11.2. The molecule has 8 rings (SSSR count). The number of carbonyl (C=O) groups excluding carboxylic acids is 4. The van der Waals surface area contributed by atoms with Gasteiger partial charge in [-0.15, -0.1) is 0 Å². The van der Waals surface area contributed by atoms with Gasteiger partial charge in [0.2, 0.25) is 0 Å². The van der Waals surface area contributed by atoms with Crippen molar-refractivity contribution >= 4 is 62.2 Å². The minimum atomic E-state index is -4.51. The standard InChI is InChI=1S/C23H19F3N6O2.C16H12BrF3N4O.C8H10N2O/c1-3-31(20-7-5-16(12-29-20)23(24,25)26)22(34)14-8-9-32-19(10-14)17(13-30-32)15-4-6-18(28-11-15)21(33)27-2;1-2-23(14-4-3-11(8-21-14)16(18,19)20)15(25)10-5-6-24-13(7-10)12(17)9-22-24;1-6-3-4-7(10-5-6)8(11)9-2/h4-13H,3H2,1-2H3,(H,27,33);3-9H,2H2,1H3;3-5H,1-2H3,(H,9,11). The number of nitrogens with one attached hydrogen (secondary N) is 2. The predicted octanol–water partition coefficient (Wildman–Crippen LogP) is 8.76. The summed E-state index contributed by atoms with van der Waals surface area (Å²) in [5.41, 5.74) is 3.46. The molecule has 0 fully saturated rings. The van der Waals surface area contributed by atoms with E-state index in [-0.39, 0.29) is 48.1 Å². The molecule has 0 aliphatic heterocycles. The van der Waals surface area contributed by atoms with Gasteiger partial charge in [-0.25, -0.2) is 19.0 Å². The van der Waals surface area contributed by atoms with Crippen LogP contribution in [0.2, 0.25) is 0 Å². The van der Waals surface area contributed by atoms with Crippen LogP contribution in [0.15, 0.2) is 127 Å². The lowest BCUT2D eigenvalue weighted by molar-refractivity contribution is -0.138. The van der Waals surface area contributed by atoms with E-state index in [9.17, 15) is 45.5 Å². The van der Waals surface area contributed by atoms with Gasteiger partial charge in [0.25, 0.3) is 23.6 Å². The summed E-state index contributed by atoms with van der Waals surface area (Å²) in [6, 6.07) is 17.5. The second-order valence-corrected chi connectivity index (χ2v) is 15.6. The number of hydrogen-bond acceptors (Lipinski definition) is 10. The molecule has 0 aromatic carbocycles. The lowest BCUT2D eigenvalue weighted by Gasteiger charge is -2.20. The summed E-state index contributed by atoms with van der Waals surface area (Å²) in [5, 5.41) is 13.4. The molecule has 0 radical (unpaired) electrons. The van der Waals surface area contributed by atoms with Crippen molar-refractivity contribution in [2.75, 3.05) is 37.0 Å². The van der Waals surface area contributed by atoms with Crippen molar-refractivity contribution in [1.82, 2.24) is 49.8 Å². The zero-order valence-corrected chi connectivity index (χ0v) is 39.3. The first kappa shape index (κ1) is 51.3. The Hall–Kier alpha value is -8.08. The van der Waals surface area contributed by atoms with Gasteiger partial charge < -0.3 is 10.6 Å². The quantitative estimate of drug-likeness (QED) is 0.133. The van der Waals surface area contributed by atoms with E-state index in [0.717, 1.165) is 28.4 Å². The maximum Gasteiger partial charge on any atom is 0.417 e. The van der Waals surface area contributed by atoms with Gasteiger partial charge in [0.15, 0.2) is 0 Å². The number of halogens is 7. The number of aromatic nitrogens is 8. The van der Waals surface area contributed by atoms with Gasteiger partial charge in [0, 0.05) is 86.6 Å². The number of fused-ring (bicyclic) bond motifs is 2. The summed E-state index contributed by atoms with van der Waals surface area (Å²) in [7, 11) is 3.10. The number of rotatable bonds is 9. The SMILES string of the molecule is CCN(C(=O)c1ccn2ncc(-c3ccc(C(=O)NC)nc3)c2c1)c1ccc(C(F)(F)F)cn1.CCN(C(=O)c1ccn2ncc(Br)c2c1)c1ccc(C(F)(F)F)cn1.CNC(=O)c1ccc(C)cn1. The summed E-state index contributed by atoms with van der Waals surface area (Å²) in [4.78, 5) is 67.0. The molecular formula is C47H41BrF6N12O4. The largest absolute Gasteiger partial charge is 0.417 e. The smallest absolute Gasteiger partial charge is 0.354 e. The van der Waals surface area contributed by atoms with Crippen LogP contribution < -0.4 is 20.4 Å². The monoisotopic (exact) mass is 1030 g/mol. The Morgan fingerprint density at radius 2 is 1.06 bits per heavy atom. The molecule has 0 aliphatic carbocycles. The molecule has 0 saturated heterocycles. The van der Waals surface area contributed by atoms with Crippen LogP contribution in [0.5, 0.6) is 0 Å². The Morgan fingerprint density at radius 3 is 1.47 bits per heavy atom. The first-order chi connectivity index (χ1) is 33.3. The molecule has 2 N–H and O–H groups in total. The molecule has 16 nitrogen and oxygen atoms in total. The average molecular weight is 1030 g/mol. The van der Waals surface area contributed by atoms with Crippen LogP contribution in [0.4, 0.5) is 38.0 Å². The third-order valence-electron chi connectivity index (χ3n) is 10.2. The van der Waals surface area contributed by atoms with Crippen LogP contribution in [0.1, 0.15) is 72.2 Å². The highest BCUT2D eigenvalue weighted by molar-refractivity contribution is 9.10. The summed E-state index contributed by atoms with van der Waals surface area (Å²) in [5.74, 6) is -0.959. The van der Waals surface area contributed by atoms with Gasteiger partial charge in [-0.05, 0) is 103 Å². The summed E-state index contributed by atoms with van der Waals surface area (Å²) >= 11 is 3.35. The van der Waals surface area contributed by atoms with Gasteiger partial charge in [0.1, 0.15) is 23.0 Å². The average Bonchev–Trinajstić information content (AvgIpc) is 3.96. The minimum Gasteiger partial charge on any atom is -0.354 e. The Kier molecular flexibility index (Phi) is 16.1. The van der Waals surface area contributed by atoms with E-state index in [1.165, 1.54) is 29.0 Å². The molecule has 8 heterocycles. The van der Waals surface area contributed by atoms with Crippen LogP contribution >= 0.6 is 15.9 Å². The molecule has 0 bridgehead atoms. The first-order valence-corrected chi connectivity index (χ1v) is 21.7. The zero-order valence-electron chi connectivity index (χ0n) is 37.7. The van der Waals surface area contributed by atoms with Crippen LogP contribution in [0.25, 0.3) is 22.2 Å². The number of nitrogens with zero attached hydrogens (tertiary/aromatic N) is 10. The van der Waals surface area contributed by atoms with Gasteiger partial charge in [-0.3, -0.25) is 38.9 Å². The molecule has 0 atom stereocenters. The van der Waals surface area contributed by atoms with Crippen LogP contribution in [-0.2, 0) is 12.4 Å². The lowest BCUT2D eigenvalue weighted by atomic mass is 10.1. The number of alkyl halides is 6. The van der Waals surface area contributed by atoms with Gasteiger partial charge in [-0.1, -0.05) is 12.1 Å². The lowest BCUT2D eigenvalue weighted by Crippen LogP contribution is -2.31. The number of carbonyl (C=O) groups is 4. The van der Waals surface area contributed by atoms with E-state index in [0.29, 0.717) is 45.2 Å². The second-order valence-electron chi connectivity index (χ2n) is 14.8. The van der Waals surface area contributed by atoms with Crippen molar-refractivity contribution in [2.24, 2.45) is 0 Å². The molecule has 0 saturated carbocycles. The van der Waals surface area contributed by atoms with Crippen LogP contribution in [0, 0.1) is 6.92 Å². The predicted molar refractivity (Wildman–Crippen MR) is 250 cm³/mol. The van der Waals surface area contributed by atoms with E-state index >= 15 is 0 Å². The van der Waals surface area contributed by atoms with Crippen molar-refractivity contribution < 1.29 is 45.5 Å². The Morgan fingerprint density at radius 1 is 0.586 bits per heavy atom. The fraction of sp³-hybridized carbons (Fsp3) is 0.191. The van der Waals surface area contributed by atoms with Gasteiger partial charge in [-0.2, -0.15) is 36.5 Å². The van der Waals surface area contributed by atoms with E-state index in [1.54, 1.807) is 110 Å². The van der Waals surface area contributed by atoms with E-state index in [2.05, 4.69) is 56.7 Å². The number of pyridine rings is 6. The fourth-order valence-electron chi connectivity index (χ4n) is 6.52. The molecule has 70 heavy (non-hydrogen) atoms. The maximum absolute atomic E-state index is 13.2. The fourth-order valence-corrected chi connectivity index (χ4v) is 6.91. The first-order valence-electron chi connectivity index (χ1n) is 20.9. The summed E-state index contributed by atoms with van der Waals surface area (Å²) in [6.45, 7) is 5.84. The van der Waals surface area contributed by atoms with E-state index in [1.807, 2.05) is 13.0 Å². The van der Waals surface area contributed by atoms with Crippen molar-refractivity contribution in [3.05, 3.63) is 166 Å². The van der Waals surface area contributed by atoms with E-state index < -0.39 is 29.4 Å². The number of aryl methyl sites for hydroxylation is 1. The summed E-state index contributed by atoms with van der Waals surface area (Å²) in [6.07, 6.45) is 2.16. The van der Waals surface area contributed by atoms with Gasteiger partial charge in [0.05, 0.1) is 39.0 Å². The molecule has 0 unspecified atom stereocenters. The Balaban J connectivity index is 0.000000194. The number of anilines is 2. The second kappa shape index (κ2) is 21.9. The molecule has 0 aliphatic rings. The topological polar surface area (TPSA) is 185 Å². The van der Waals surface area contributed by atoms with Crippen LogP contribution in [0.3, 0.4) is 0 Å². The molecule has 0 spiro atoms. The minimum absolute atomic E-state index is 0.114. The molecule has 8 aromatic rings. The van der Waals surface area contributed by atoms with Crippen molar-refractivity contribution in [3.8, 4) is 11.1 Å². The molecule has 23 heteroatoms. The third kappa shape index (κ3) is 12.0. The molecule has 4 amide bonds. The molecular weight excluding hydrogens is 990 g/mol. The van der Waals surface area contributed by atoms with Crippen LogP contribution in [-0.4, -0.2) is 90.0 Å². The maximum atomic E-state index is 13.2. The summed E-state index contributed by atoms with van der Waals surface area (Å²) < 4.78 is 80.4. The number of hydrogen-bond donors (Lipinski definition) is 2. The van der Waals surface area contributed by atoms with E-state index in [4.69, 9.17) is 0 Å². The molecule has 8 aromatic heterocycles. The van der Waals surface area contributed by atoms with Crippen molar-refractivity contribution in [1.29, 1.82) is 0 Å². The third-order valence-corrected chi connectivity index (χ3v) is 10.8. The molecule has 362 valence electrons. The van der Waals surface area contributed by atoms with Gasteiger partial charge >= 0.3 is 12.4 Å². The van der Waals surface area contributed by atoms with Crippen molar-refractivity contribution in [3.63, 3.8) is 0 Å².